The van der Waals surface area contributed by atoms with Crippen LogP contribution in [0.25, 0.3) is 0 Å². The highest BCUT2D eigenvalue weighted by atomic mass is 35.5. The van der Waals surface area contributed by atoms with Crippen molar-refractivity contribution in [3.8, 4) is 0 Å². The van der Waals surface area contributed by atoms with Gasteiger partial charge in [-0.05, 0) is 31.3 Å². The van der Waals surface area contributed by atoms with Crippen LogP contribution in [0.2, 0.25) is 0 Å². The lowest BCUT2D eigenvalue weighted by Crippen LogP contribution is -2.23. The van der Waals surface area contributed by atoms with E-state index in [1.54, 1.807) is 0 Å². The van der Waals surface area contributed by atoms with Crippen molar-refractivity contribution >= 4 is 11.6 Å². The summed E-state index contributed by atoms with van der Waals surface area (Å²) < 4.78 is 0. The van der Waals surface area contributed by atoms with Crippen LogP contribution < -0.4 is 0 Å². The molecule has 1 aliphatic rings. The Morgan fingerprint density at radius 3 is 2.45 bits per heavy atom. The van der Waals surface area contributed by atoms with Crippen molar-refractivity contribution in [2.75, 3.05) is 0 Å². The first-order valence-corrected chi connectivity index (χ1v) is 7.96. The van der Waals surface area contributed by atoms with Crippen LogP contribution in [-0.4, -0.2) is 4.90 Å². The summed E-state index contributed by atoms with van der Waals surface area (Å²) in [5.41, 5.74) is 5.13. The summed E-state index contributed by atoms with van der Waals surface area (Å²) in [6.45, 7) is 17.5. The second kappa shape index (κ2) is 7.17. The molecule has 2 heteroatoms. The van der Waals surface area contributed by atoms with E-state index in [-0.39, 0.29) is 5.92 Å². The molecule has 0 amide bonds. The van der Waals surface area contributed by atoms with Gasteiger partial charge >= 0.3 is 0 Å². The average molecular weight is 294 g/mol. The first-order valence-electron chi connectivity index (χ1n) is 7.58. The van der Waals surface area contributed by atoms with Gasteiger partial charge in [0.2, 0.25) is 0 Å². The fourth-order valence-electron chi connectivity index (χ4n) is 2.60. The molecule has 1 atom stereocenters. The summed E-state index contributed by atoms with van der Waals surface area (Å²) in [4.78, 5) is 2.11. The fourth-order valence-corrected chi connectivity index (χ4v) is 2.81. The van der Waals surface area contributed by atoms with E-state index in [1.807, 2.05) is 6.20 Å². The zero-order valence-corrected chi connectivity index (χ0v) is 14.5. The summed E-state index contributed by atoms with van der Waals surface area (Å²) in [6.07, 6.45) is 6.29. The molecule has 1 rings (SSSR count). The van der Waals surface area contributed by atoms with Crippen molar-refractivity contribution in [2.24, 2.45) is 11.8 Å². The van der Waals surface area contributed by atoms with E-state index in [9.17, 15) is 0 Å². The zero-order valence-electron chi connectivity index (χ0n) is 13.8. The van der Waals surface area contributed by atoms with E-state index < -0.39 is 0 Å². The highest BCUT2D eigenvalue weighted by molar-refractivity contribution is 6.30. The molecule has 0 aromatic heterocycles. The number of nitrogens with zero attached hydrogens (tertiary/aromatic N) is 1. The summed E-state index contributed by atoms with van der Waals surface area (Å²) in [5.74, 6) is 0.789. The van der Waals surface area contributed by atoms with Crippen LogP contribution in [-0.2, 0) is 0 Å². The second-order valence-corrected chi connectivity index (χ2v) is 6.29. The van der Waals surface area contributed by atoms with Crippen molar-refractivity contribution in [3.05, 3.63) is 46.4 Å². The summed E-state index contributed by atoms with van der Waals surface area (Å²) >= 11 is 6.44. The van der Waals surface area contributed by atoms with Gasteiger partial charge in [-0.2, -0.15) is 0 Å². The van der Waals surface area contributed by atoms with Gasteiger partial charge in [-0.25, -0.2) is 0 Å². The van der Waals surface area contributed by atoms with E-state index in [0.29, 0.717) is 5.92 Å². The third kappa shape index (κ3) is 3.58. The van der Waals surface area contributed by atoms with Crippen LogP contribution in [0, 0.1) is 11.8 Å². The summed E-state index contributed by atoms with van der Waals surface area (Å²) in [6, 6.07) is 0. The maximum absolute atomic E-state index is 6.44. The number of rotatable bonds is 4. The van der Waals surface area contributed by atoms with E-state index >= 15 is 0 Å². The lowest BCUT2D eigenvalue weighted by Gasteiger charge is -2.33. The van der Waals surface area contributed by atoms with Crippen LogP contribution in [0.15, 0.2) is 46.4 Å². The van der Waals surface area contributed by atoms with E-state index in [0.717, 1.165) is 23.6 Å². The Labute approximate surface area is 129 Å². The van der Waals surface area contributed by atoms with E-state index in [1.165, 1.54) is 16.7 Å². The lowest BCUT2D eigenvalue weighted by atomic mass is 9.89. The zero-order chi connectivity index (χ0) is 15.4. The Balaban J connectivity index is 3.27. The first kappa shape index (κ1) is 17.1. The van der Waals surface area contributed by atoms with Gasteiger partial charge in [0.15, 0.2) is 0 Å². The SMILES string of the molecule is C=C1/C(=C(/C)CC)C(C)C(Cl)=CN1/C=C(\CC)C(C)C. The second-order valence-electron chi connectivity index (χ2n) is 5.85. The molecule has 1 nitrogen and oxygen atoms in total. The molecule has 0 spiro atoms. The third-order valence-electron chi connectivity index (χ3n) is 4.18. The molecule has 1 unspecified atom stereocenters. The van der Waals surface area contributed by atoms with Gasteiger partial charge in [0.25, 0.3) is 0 Å². The molecule has 0 bridgehead atoms. The van der Waals surface area contributed by atoms with Crippen LogP contribution >= 0.6 is 11.6 Å². The highest BCUT2D eigenvalue weighted by Crippen LogP contribution is 2.38. The molecule has 1 aliphatic heterocycles. The van der Waals surface area contributed by atoms with Crippen molar-refractivity contribution in [1.82, 2.24) is 4.90 Å². The molecular weight excluding hydrogens is 266 g/mol. The molecule has 0 N–H and O–H groups in total. The van der Waals surface area contributed by atoms with Crippen LogP contribution in [0.4, 0.5) is 0 Å². The molecule has 0 radical (unpaired) electrons. The van der Waals surface area contributed by atoms with Crippen LogP contribution in [0.5, 0.6) is 0 Å². The monoisotopic (exact) mass is 293 g/mol. The molecule has 0 aromatic rings. The molecule has 0 fully saturated rings. The lowest BCUT2D eigenvalue weighted by molar-refractivity contribution is 0.555. The third-order valence-corrected chi connectivity index (χ3v) is 4.60. The molecular formula is C18H28ClN. The minimum absolute atomic E-state index is 0.248. The molecule has 0 aliphatic carbocycles. The highest BCUT2D eigenvalue weighted by Gasteiger charge is 2.25. The van der Waals surface area contributed by atoms with Gasteiger partial charge in [0, 0.05) is 29.0 Å². The van der Waals surface area contributed by atoms with Crippen molar-refractivity contribution < 1.29 is 0 Å². The quantitative estimate of drug-likeness (QED) is 0.596. The van der Waals surface area contributed by atoms with Crippen molar-refractivity contribution in [1.29, 1.82) is 0 Å². The summed E-state index contributed by atoms with van der Waals surface area (Å²) in [7, 11) is 0. The van der Waals surface area contributed by atoms with Gasteiger partial charge in [0.1, 0.15) is 0 Å². The molecule has 112 valence electrons. The Bertz CT molecular complexity index is 466. The number of hydrogen-bond donors (Lipinski definition) is 0. The van der Waals surface area contributed by atoms with Crippen molar-refractivity contribution in [2.45, 2.75) is 54.4 Å². The molecule has 1 heterocycles. The van der Waals surface area contributed by atoms with E-state index in [2.05, 4.69) is 59.2 Å². The minimum atomic E-state index is 0.248. The number of halogens is 1. The molecule has 20 heavy (non-hydrogen) atoms. The Morgan fingerprint density at radius 1 is 1.40 bits per heavy atom. The normalized spacial score (nSPS) is 23.3. The minimum Gasteiger partial charge on any atom is -0.323 e. The summed E-state index contributed by atoms with van der Waals surface area (Å²) in [5, 5.41) is 0.885. The Morgan fingerprint density at radius 2 is 2.00 bits per heavy atom. The Hall–Kier alpha value is -0.950. The molecule has 0 saturated carbocycles. The largest absolute Gasteiger partial charge is 0.323 e. The topological polar surface area (TPSA) is 3.24 Å². The van der Waals surface area contributed by atoms with Crippen LogP contribution in [0.1, 0.15) is 54.4 Å². The van der Waals surface area contributed by atoms with Gasteiger partial charge in [-0.1, -0.05) is 63.9 Å². The molecule has 0 saturated heterocycles. The number of allylic oxidation sites excluding steroid dienone is 4. The van der Waals surface area contributed by atoms with Gasteiger partial charge in [-0.3, -0.25) is 0 Å². The van der Waals surface area contributed by atoms with Gasteiger partial charge in [-0.15, -0.1) is 0 Å². The van der Waals surface area contributed by atoms with Gasteiger partial charge < -0.3 is 4.90 Å². The fraction of sp³-hybridized carbons (Fsp3) is 0.556. The number of hydrogen-bond acceptors (Lipinski definition) is 1. The van der Waals surface area contributed by atoms with E-state index in [4.69, 9.17) is 11.6 Å². The maximum Gasteiger partial charge on any atom is 0.0419 e. The van der Waals surface area contributed by atoms with Gasteiger partial charge in [0.05, 0.1) is 0 Å². The standard InChI is InChI=1S/C18H28ClN/c1-8-13(5)18-14(6)17(19)11-20(15(18)7)10-16(9-2)12(3)4/h10-12,14H,7-9H2,1-6H3/b16-10+,18-13-. The molecule has 0 aromatic carbocycles. The predicted octanol–water partition coefficient (Wildman–Crippen LogP) is 6.21. The maximum atomic E-state index is 6.44. The Kier molecular flexibility index (Phi) is 6.13. The van der Waals surface area contributed by atoms with Crippen LogP contribution in [0.3, 0.4) is 0 Å². The van der Waals surface area contributed by atoms with Crippen molar-refractivity contribution in [3.63, 3.8) is 0 Å². The smallest absolute Gasteiger partial charge is 0.0419 e. The first-order chi connectivity index (χ1) is 9.33. The average Bonchev–Trinajstić information content (AvgIpc) is 2.40. The predicted molar refractivity (Wildman–Crippen MR) is 90.3 cm³/mol.